The molecule has 1 aromatic heterocycles. The van der Waals surface area contributed by atoms with Crippen LogP contribution >= 0.6 is 0 Å². The number of nitrogens with zero attached hydrogens (tertiary/aromatic N) is 1. The third kappa shape index (κ3) is 3.60. The van der Waals surface area contributed by atoms with Gasteiger partial charge in [-0.1, -0.05) is 6.07 Å². The van der Waals surface area contributed by atoms with Gasteiger partial charge in [-0.3, -0.25) is 14.2 Å². The number of rotatable bonds is 4. The Hall–Kier alpha value is -3.22. The first kappa shape index (κ1) is 20.5. The summed E-state index contributed by atoms with van der Waals surface area (Å²) in [7, 11) is 0. The van der Waals surface area contributed by atoms with E-state index in [4.69, 9.17) is 4.74 Å². The molecule has 5 nitrogen and oxygen atoms in total. The summed E-state index contributed by atoms with van der Waals surface area (Å²) in [5.74, 6) is -4.16. The van der Waals surface area contributed by atoms with Crippen molar-refractivity contribution in [2.45, 2.75) is 39.7 Å². The SMILES string of the molecule is Cc1c(C(C)C(=O)OC(C)C)c2c(F)c(O)ccc2n1C(=O)c1cccc(F)c1. The molecule has 0 aliphatic heterocycles. The number of carbonyl (C=O) groups excluding carboxylic acids is 2. The molecule has 0 bridgehead atoms. The van der Waals surface area contributed by atoms with Gasteiger partial charge in [-0.05, 0) is 63.6 Å². The molecule has 7 heteroatoms. The maximum Gasteiger partial charge on any atom is 0.313 e. The van der Waals surface area contributed by atoms with Crippen LogP contribution in [0.2, 0.25) is 0 Å². The number of aromatic hydroxyl groups is 1. The van der Waals surface area contributed by atoms with Crippen molar-refractivity contribution in [2.24, 2.45) is 0 Å². The van der Waals surface area contributed by atoms with E-state index < -0.39 is 35.2 Å². The monoisotopic (exact) mass is 401 g/mol. The third-order valence-corrected chi connectivity index (χ3v) is 4.75. The van der Waals surface area contributed by atoms with Crippen LogP contribution in [0.15, 0.2) is 36.4 Å². The number of fused-ring (bicyclic) bond motifs is 1. The van der Waals surface area contributed by atoms with Crippen LogP contribution in [0.25, 0.3) is 10.9 Å². The molecular formula is C22H21F2NO4. The molecule has 152 valence electrons. The van der Waals surface area contributed by atoms with Crippen LogP contribution in [0.3, 0.4) is 0 Å². The molecule has 1 heterocycles. The molecule has 0 aliphatic rings. The summed E-state index contributed by atoms with van der Waals surface area (Å²) in [6.45, 7) is 6.51. The lowest BCUT2D eigenvalue weighted by atomic mass is 9.97. The standard InChI is InChI=1S/C22H21F2NO4/c1-11(2)29-22(28)12(3)18-13(4)25(16-8-9-17(26)20(24)19(16)18)21(27)14-6-5-7-15(23)10-14/h5-12,26H,1-4H3. The number of phenols is 1. The van der Waals surface area contributed by atoms with Crippen LogP contribution in [0, 0.1) is 18.6 Å². The van der Waals surface area contributed by atoms with Gasteiger partial charge in [0.1, 0.15) is 5.82 Å². The highest BCUT2D eigenvalue weighted by atomic mass is 19.1. The number of aromatic nitrogens is 1. The molecule has 0 fully saturated rings. The van der Waals surface area contributed by atoms with Crippen molar-refractivity contribution in [1.29, 1.82) is 0 Å². The van der Waals surface area contributed by atoms with E-state index in [0.29, 0.717) is 5.69 Å². The van der Waals surface area contributed by atoms with Crippen LogP contribution in [0.4, 0.5) is 8.78 Å². The van der Waals surface area contributed by atoms with Crippen LogP contribution in [0.1, 0.15) is 48.3 Å². The molecule has 0 aliphatic carbocycles. The number of phenolic OH excluding ortho intramolecular Hbond substituents is 1. The van der Waals surface area contributed by atoms with Gasteiger partial charge in [0.15, 0.2) is 11.6 Å². The first-order chi connectivity index (χ1) is 13.6. The van der Waals surface area contributed by atoms with Crippen molar-refractivity contribution in [3.05, 3.63) is 64.9 Å². The fourth-order valence-corrected chi connectivity index (χ4v) is 3.47. The molecule has 3 aromatic rings. The molecule has 1 N–H and O–H groups in total. The summed E-state index contributed by atoms with van der Waals surface area (Å²) in [6, 6.07) is 7.67. The summed E-state index contributed by atoms with van der Waals surface area (Å²) < 4.78 is 35.0. The molecule has 29 heavy (non-hydrogen) atoms. The van der Waals surface area contributed by atoms with Gasteiger partial charge in [-0.15, -0.1) is 0 Å². The number of halogens is 2. The highest BCUT2D eigenvalue weighted by Crippen LogP contribution is 2.37. The number of hydrogen-bond donors (Lipinski definition) is 1. The van der Waals surface area contributed by atoms with Crippen molar-refractivity contribution in [3.8, 4) is 5.75 Å². The van der Waals surface area contributed by atoms with Crippen LogP contribution in [-0.2, 0) is 9.53 Å². The second-order valence-electron chi connectivity index (χ2n) is 7.15. The average Bonchev–Trinajstić information content (AvgIpc) is 2.95. The Kier molecular flexibility index (Phi) is 5.42. The largest absolute Gasteiger partial charge is 0.505 e. The number of benzene rings is 2. The summed E-state index contributed by atoms with van der Waals surface area (Å²) in [6.07, 6.45) is -0.370. The Morgan fingerprint density at radius 1 is 1.10 bits per heavy atom. The number of carbonyl (C=O) groups is 2. The lowest BCUT2D eigenvalue weighted by molar-refractivity contribution is -0.148. The molecular weight excluding hydrogens is 380 g/mol. The van der Waals surface area contributed by atoms with Crippen LogP contribution < -0.4 is 0 Å². The second-order valence-corrected chi connectivity index (χ2v) is 7.15. The molecule has 1 unspecified atom stereocenters. The first-order valence-corrected chi connectivity index (χ1v) is 9.16. The predicted octanol–water partition coefficient (Wildman–Crippen LogP) is 4.68. The van der Waals surface area contributed by atoms with Crippen molar-refractivity contribution >= 4 is 22.8 Å². The Balaban J connectivity index is 2.27. The van der Waals surface area contributed by atoms with E-state index in [-0.39, 0.29) is 28.1 Å². The van der Waals surface area contributed by atoms with E-state index in [1.165, 1.54) is 28.8 Å². The fraction of sp³-hybridized carbons (Fsp3) is 0.273. The average molecular weight is 401 g/mol. The zero-order chi connectivity index (χ0) is 21.5. The predicted molar refractivity (Wildman–Crippen MR) is 104 cm³/mol. The first-order valence-electron chi connectivity index (χ1n) is 9.16. The lowest BCUT2D eigenvalue weighted by Crippen LogP contribution is -2.19. The minimum Gasteiger partial charge on any atom is -0.505 e. The Bertz CT molecular complexity index is 1120. The zero-order valence-corrected chi connectivity index (χ0v) is 16.5. The quantitative estimate of drug-likeness (QED) is 0.645. The topological polar surface area (TPSA) is 68.5 Å². The van der Waals surface area contributed by atoms with Crippen molar-refractivity contribution in [2.75, 3.05) is 0 Å². The van der Waals surface area contributed by atoms with Gasteiger partial charge >= 0.3 is 5.97 Å². The molecule has 2 aromatic carbocycles. The van der Waals surface area contributed by atoms with Gasteiger partial charge in [0.2, 0.25) is 0 Å². The molecule has 0 saturated carbocycles. The lowest BCUT2D eigenvalue weighted by Gasteiger charge is -2.15. The molecule has 0 saturated heterocycles. The highest BCUT2D eigenvalue weighted by molar-refractivity contribution is 6.05. The van der Waals surface area contributed by atoms with E-state index in [0.717, 1.165) is 12.1 Å². The van der Waals surface area contributed by atoms with Gasteiger partial charge in [-0.25, -0.2) is 8.78 Å². The number of ether oxygens (including phenoxy) is 1. The smallest absolute Gasteiger partial charge is 0.313 e. The number of hydrogen-bond acceptors (Lipinski definition) is 4. The highest BCUT2D eigenvalue weighted by Gasteiger charge is 2.30. The third-order valence-electron chi connectivity index (χ3n) is 4.75. The molecule has 1 atom stereocenters. The summed E-state index contributed by atoms with van der Waals surface area (Å²) in [4.78, 5) is 25.6. The van der Waals surface area contributed by atoms with Crippen molar-refractivity contribution in [3.63, 3.8) is 0 Å². The zero-order valence-electron chi connectivity index (χ0n) is 16.5. The van der Waals surface area contributed by atoms with Crippen molar-refractivity contribution in [1.82, 2.24) is 4.57 Å². The molecule has 3 rings (SSSR count). The fourth-order valence-electron chi connectivity index (χ4n) is 3.47. The number of esters is 1. The Labute approximate surface area is 166 Å². The van der Waals surface area contributed by atoms with E-state index in [1.807, 2.05) is 0 Å². The maximum atomic E-state index is 14.9. The molecule has 0 amide bonds. The Morgan fingerprint density at radius 2 is 1.79 bits per heavy atom. The van der Waals surface area contributed by atoms with Crippen LogP contribution in [-0.4, -0.2) is 27.7 Å². The second kappa shape index (κ2) is 7.66. The summed E-state index contributed by atoms with van der Waals surface area (Å²) >= 11 is 0. The van der Waals surface area contributed by atoms with Gasteiger partial charge in [0.05, 0.1) is 17.5 Å². The molecule has 0 spiro atoms. The Morgan fingerprint density at radius 3 is 2.41 bits per heavy atom. The summed E-state index contributed by atoms with van der Waals surface area (Å²) in [5, 5.41) is 9.82. The van der Waals surface area contributed by atoms with Gasteiger partial charge in [0, 0.05) is 16.6 Å². The maximum absolute atomic E-state index is 14.9. The molecule has 0 radical (unpaired) electrons. The minimum absolute atomic E-state index is 0.0412. The van der Waals surface area contributed by atoms with Gasteiger partial charge < -0.3 is 9.84 Å². The van der Waals surface area contributed by atoms with E-state index in [1.54, 1.807) is 27.7 Å². The van der Waals surface area contributed by atoms with E-state index in [9.17, 15) is 23.5 Å². The normalized spacial score (nSPS) is 12.4. The van der Waals surface area contributed by atoms with E-state index >= 15 is 0 Å². The minimum atomic E-state index is -0.935. The summed E-state index contributed by atoms with van der Waals surface area (Å²) in [5.41, 5.74) is 0.796. The van der Waals surface area contributed by atoms with Gasteiger partial charge in [-0.2, -0.15) is 0 Å². The van der Waals surface area contributed by atoms with Crippen molar-refractivity contribution < 1.29 is 28.2 Å². The van der Waals surface area contributed by atoms with Gasteiger partial charge in [0.25, 0.3) is 5.91 Å². The van der Waals surface area contributed by atoms with E-state index in [2.05, 4.69) is 0 Å². The van der Waals surface area contributed by atoms with Crippen LogP contribution in [0.5, 0.6) is 5.75 Å².